The molecule has 0 radical (unpaired) electrons. The molecular formula is C12H9O2P. The van der Waals surface area contributed by atoms with E-state index in [1.165, 1.54) is 0 Å². The molecule has 0 fully saturated rings. The van der Waals surface area contributed by atoms with E-state index in [1.807, 2.05) is 30.3 Å². The van der Waals surface area contributed by atoms with E-state index in [2.05, 4.69) is 0 Å². The first-order chi connectivity index (χ1) is 7.36. The van der Waals surface area contributed by atoms with Crippen molar-refractivity contribution in [1.29, 1.82) is 0 Å². The lowest BCUT2D eigenvalue weighted by molar-refractivity contribution is -0.110. The van der Waals surface area contributed by atoms with Gasteiger partial charge < -0.3 is 4.52 Å². The first-order valence-corrected chi connectivity index (χ1v) is 5.73. The van der Waals surface area contributed by atoms with Gasteiger partial charge in [-0.3, -0.25) is 4.79 Å². The second kappa shape index (κ2) is 3.32. The lowest BCUT2D eigenvalue weighted by Crippen LogP contribution is -2.08. The maximum Gasteiger partial charge on any atom is 0.189 e. The van der Waals surface area contributed by atoms with Crippen LogP contribution < -0.4 is 4.52 Å². The Morgan fingerprint density at radius 3 is 3.07 bits per heavy atom. The first kappa shape index (κ1) is 8.87. The summed E-state index contributed by atoms with van der Waals surface area (Å²) in [7, 11) is 0.157. The number of benzene rings is 1. The SMILES string of the molecule is O=C1C=CCC2=C1POc1ccccc12. The van der Waals surface area contributed by atoms with E-state index in [0.29, 0.717) is 0 Å². The molecule has 1 aromatic carbocycles. The fourth-order valence-corrected chi connectivity index (χ4v) is 2.82. The molecule has 1 aliphatic carbocycles. The zero-order valence-corrected chi connectivity index (χ0v) is 8.99. The highest BCUT2D eigenvalue weighted by molar-refractivity contribution is 7.40. The summed E-state index contributed by atoms with van der Waals surface area (Å²) < 4.78 is 5.58. The number of hydrogen-bond acceptors (Lipinski definition) is 2. The molecular weight excluding hydrogens is 207 g/mol. The Morgan fingerprint density at radius 1 is 1.27 bits per heavy atom. The van der Waals surface area contributed by atoms with Crippen LogP contribution >= 0.6 is 8.81 Å². The van der Waals surface area contributed by atoms with Gasteiger partial charge in [-0.05, 0) is 24.1 Å². The predicted molar refractivity (Wildman–Crippen MR) is 61.1 cm³/mol. The van der Waals surface area contributed by atoms with Gasteiger partial charge in [-0.15, -0.1) is 0 Å². The summed E-state index contributed by atoms with van der Waals surface area (Å²) in [5.74, 6) is 1.00. The Labute approximate surface area is 89.5 Å². The van der Waals surface area contributed by atoms with Crippen molar-refractivity contribution in [2.45, 2.75) is 6.42 Å². The molecule has 0 amide bonds. The van der Waals surface area contributed by atoms with Crippen molar-refractivity contribution in [2.24, 2.45) is 0 Å². The maximum atomic E-state index is 11.6. The van der Waals surface area contributed by atoms with E-state index in [0.717, 1.165) is 28.6 Å². The number of rotatable bonds is 0. The number of carbonyl (C=O) groups is 1. The largest absolute Gasteiger partial charge is 0.472 e. The first-order valence-electron chi connectivity index (χ1n) is 4.82. The molecule has 0 aromatic heterocycles. The molecule has 2 nitrogen and oxygen atoms in total. The second-order valence-corrected chi connectivity index (χ2v) is 4.43. The van der Waals surface area contributed by atoms with E-state index in [-0.39, 0.29) is 14.6 Å². The monoisotopic (exact) mass is 216 g/mol. The molecule has 1 atom stereocenters. The molecule has 0 bridgehead atoms. The van der Waals surface area contributed by atoms with Crippen molar-refractivity contribution in [1.82, 2.24) is 0 Å². The molecule has 0 saturated heterocycles. The van der Waals surface area contributed by atoms with Crippen LogP contribution in [0.5, 0.6) is 5.75 Å². The summed E-state index contributed by atoms with van der Waals surface area (Å²) in [5, 5.41) is 0.844. The molecule has 74 valence electrons. The predicted octanol–water partition coefficient (Wildman–Crippen LogP) is 2.91. The summed E-state index contributed by atoms with van der Waals surface area (Å²) in [6, 6.07) is 7.90. The maximum absolute atomic E-state index is 11.6. The second-order valence-electron chi connectivity index (χ2n) is 3.52. The van der Waals surface area contributed by atoms with Crippen LogP contribution in [-0.4, -0.2) is 5.78 Å². The minimum absolute atomic E-state index is 0.101. The highest BCUT2D eigenvalue weighted by Crippen LogP contribution is 2.46. The van der Waals surface area contributed by atoms with Crippen molar-refractivity contribution in [3.8, 4) is 5.75 Å². The molecule has 1 unspecified atom stereocenters. The van der Waals surface area contributed by atoms with Gasteiger partial charge in [0, 0.05) is 5.56 Å². The lowest BCUT2D eigenvalue weighted by Gasteiger charge is -2.23. The van der Waals surface area contributed by atoms with Gasteiger partial charge in [0.05, 0.1) is 5.31 Å². The standard InChI is InChI=1S/C12H9O2P/c13-10-6-3-5-9-8-4-1-2-7-11(8)14-15-12(9)10/h1-4,6-7,15H,5H2. The molecule has 1 heterocycles. The molecule has 2 aliphatic rings. The zero-order chi connectivity index (χ0) is 10.3. The van der Waals surface area contributed by atoms with Gasteiger partial charge in [-0.2, -0.15) is 0 Å². The quantitative estimate of drug-likeness (QED) is 0.623. The number of fused-ring (bicyclic) bond motifs is 2. The minimum atomic E-state index is 0.101. The summed E-state index contributed by atoms with van der Waals surface area (Å²) in [6.07, 6.45) is 4.41. The summed E-state index contributed by atoms with van der Waals surface area (Å²) in [5.41, 5.74) is 2.21. The van der Waals surface area contributed by atoms with Crippen LogP contribution in [0.15, 0.2) is 41.7 Å². The lowest BCUT2D eigenvalue weighted by atomic mass is 9.96. The third-order valence-electron chi connectivity index (χ3n) is 2.61. The van der Waals surface area contributed by atoms with Crippen molar-refractivity contribution in [3.05, 3.63) is 47.3 Å². The fraction of sp³-hybridized carbons (Fsp3) is 0.0833. The van der Waals surface area contributed by atoms with Crippen LogP contribution in [0.25, 0.3) is 5.57 Å². The van der Waals surface area contributed by atoms with Gasteiger partial charge in [0.25, 0.3) is 0 Å². The van der Waals surface area contributed by atoms with Gasteiger partial charge in [-0.25, -0.2) is 0 Å². The molecule has 0 saturated carbocycles. The molecule has 3 heteroatoms. The highest BCUT2D eigenvalue weighted by atomic mass is 31.1. The van der Waals surface area contributed by atoms with Crippen LogP contribution in [-0.2, 0) is 4.79 Å². The minimum Gasteiger partial charge on any atom is -0.472 e. The number of hydrogen-bond donors (Lipinski definition) is 0. The van der Waals surface area contributed by atoms with Crippen molar-refractivity contribution in [2.75, 3.05) is 0 Å². The smallest absolute Gasteiger partial charge is 0.189 e. The molecule has 1 aromatic rings. The van der Waals surface area contributed by atoms with Gasteiger partial charge >= 0.3 is 0 Å². The van der Waals surface area contributed by atoms with Gasteiger partial charge in [0.1, 0.15) is 14.6 Å². The Bertz CT molecular complexity index is 500. The van der Waals surface area contributed by atoms with E-state index < -0.39 is 0 Å². The summed E-state index contributed by atoms with van der Waals surface area (Å²) >= 11 is 0. The van der Waals surface area contributed by atoms with Gasteiger partial charge in [0.15, 0.2) is 5.78 Å². The highest BCUT2D eigenvalue weighted by Gasteiger charge is 2.24. The van der Waals surface area contributed by atoms with E-state index in [4.69, 9.17) is 4.52 Å². The summed E-state index contributed by atoms with van der Waals surface area (Å²) in [4.78, 5) is 11.6. The van der Waals surface area contributed by atoms with Gasteiger partial charge in [-0.1, -0.05) is 24.3 Å². The number of carbonyl (C=O) groups excluding carboxylic acids is 1. The molecule has 0 spiro atoms. The van der Waals surface area contributed by atoms with Gasteiger partial charge in [0.2, 0.25) is 0 Å². The number of ketones is 1. The molecule has 0 N–H and O–H groups in total. The van der Waals surface area contributed by atoms with Crippen LogP contribution in [0.4, 0.5) is 0 Å². The van der Waals surface area contributed by atoms with Crippen LogP contribution in [0.1, 0.15) is 12.0 Å². The average molecular weight is 216 g/mol. The Hall–Kier alpha value is -1.40. The van der Waals surface area contributed by atoms with E-state index >= 15 is 0 Å². The van der Waals surface area contributed by atoms with Crippen molar-refractivity contribution in [3.63, 3.8) is 0 Å². The third kappa shape index (κ3) is 1.33. The van der Waals surface area contributed by atoms with E-state index in [1.54, 1.807) is 6.08 Å². The number of allylic oxidation sites excluding steroid dienone is 4. The van der Waals surface area contributed by atoms with Crippen LogP contribution in [0.3, 0.4) is 0 Å². The number of para-hydroxylation sites is 1. The fourth-order valence-electron chi connectivity index (χ4n) is 1.89. The Balaban J connectivity index is 2.19. The van der Waals surface area contributed by atoms with E-state index in [9.17, 15) is 4.79 Å². The molecule has 3 rings (SSSR count). The Kier molecular flexibility index (Phi) is 1.96. The summed E-state index contributed by atoms with van der Waals surface area (Å²) in [6.45, 7) is 0. The Morgan fingerprint density at radius 2 is 2.13 bits per heavy atom. The molecule has 15 heavy (non-hydrogen) atoms. The normalized spacial score (nSPS) is 19.9. The van der Waals surface area contributed by atoms with Crippen LogP contribution in [0, 0.1) is 0 Å². The van der Waals surface area contributed by atoms with Crippen LogP contribution in [0.2, 0.25) is 0 Å². The topological polar surface area (TPSA) is 26.3 Å². The van der Waals surface area contributed by atoms with Crippen molar-refractivity contribution >= 4 is 20.2 Å². The zero-order valence-electron chi connectivity index (χ0n) is 7.99. The molecule has 1 aliphatic heterocycles. The average Bonchev–Trinajstić information content (AvgIpc) is 2.29. The third-order valence-corrected chi connectivity index (χ3v) is 3.69. The van der Waals surface area contributed by atoms with Crippen molar-refractivity contribution < 1.29 is 9.32 Å².